The molecule has 1 aliphatic carbocycles. The maximum absolute atomic E-state index is 5.91. The molecule has 0 aromatic rings. The minimum absolute atomic E-state index is 0.574. The van der Waals surface area contributed by atoms with E-state index in [2.05, 4.69) is 13.3 Å². The van der Waals surface area contributed by atoms with E-state index in [9.17, 15) is 0 Å². The molecule has 0 spiro atoms. The Morgan fingerprint density at radius 2 is 1.47 bits per heavy atom. The van der Waals surface area contributed by atoms with Gasteiger partial charge in [-0.2, -0.15) is 0 Å². The summed E-state index contributed by atoms with van der Waals surface area (Å²) in [6, 6.07) is 0. The Morgan fingerprint density at radius 1 is 0.882 bits per heavy atom. The number of hydrogen-bond acceptors (Lipinski definition) is 1. The number of rotatable bonds is 10. The third kappa shape index (κ3) is 8.65. The molecule has 1 fully saturated rings. The van der Waals surface area contributed by atoms with Gasteiger partial charge in [0, 0.05) is 6.61 Å². The molecular formula is C16H31O. The van der Waals surface area contributed by atoms with Crippen LogP contribution in [0, 0.1) is 6.42 Å². The normalized spacial score (nSPS) is 17.5. The fourth-order valence-corrected chi connectivity index (χ4v) is 2.55. The van der Waals surface area contributed by atoms with E-state index in [1.54, 1.807) is 0 Å². The van der Waals surface area contributed by atoms with Gasteiger partial charge in [-0.1, -0.05) is 51.9 Å². The van der Waals surface area contributed by atoms with E-state index in [-0.39, 0.29) is 0 Å². The average Bonchev–Trinajstić information content (AvgIpc) is 2.38. The predicted molar refractivity (Wildman–Crippen MR) is 75.1 cm³/mol. The summed E-state index contributed by atoms with van der Waals surface area (Å²) in [6.07, 6.45) is 19.1. The largest absolute Gasteiger partial charge is 0.378 e. The van der Waals surface area contributed by atoms with Crippen molar-refractivity contribution < 1.29 is 4.74 Å². The van der Waals surface area contributed by atoms with Crippen LogP contribution in [0.25, 0.3) is 0 Å². The molecule has 1 nitrogen and oxygen atoms in total. The average molecular weight is 239 g/mol. The quantitative estimate of drug-likeness (QED) is 0.471. The van der Waals surface area contributed by atoms with Crippen molar-refractivity contribution in [1.29, 1.82) is 0 Å². The Kier molecular flexibility index (Phi) is 9.78. The maximum Gasteiger partial charge on any atom is 0.0575 e. The van der Waals surface area contributed by atoms with Crippen molar-refractivity contribution in [2.45, 2.75) is 90.1 Å². The Bertz CT molecular complexity index is 150. The van der Waals surface area contributed by atoms with E-state index in [1.165, 1.54) is 77.0 Å². The zero-order chi connectivity index (χ0) is 12.2. The molecule has 1 rings (SSSR count). The van der Waals surface area contributed by atoms with Gasteiger partial charge in [-0.05, 0) is 38.5 Å². The summed E-state index contributed by atoms with van der Waals surface area (Å²) in [5.41, 5.74) is 0. The highest BCUT2D eigenvalue weighted by atomic mass is 16.5. The van der Waals surface area contributed by atoms with Crippen molar-refractivity contribution >= 4 is 0 Å². The third-order valence-corrected chi connectivity index (χ3v) is 3.74. The lowest BCUT2D eigenvalue weighted by Crippen LogP contribution is -2.17. The number of ether oxygens (including phenoxy) is 1. The smallest absolute Gasteiger partial charge is 0.0575 e. The van der Waals surface area contributed by atoms with Gasteiger partial charge >= 0.3 is 0 Å². The second-order valence-electron chi connectivity index (χ2n) is 5.41. The van der Waals surface area contributed by atoms with Gasteiger partial charge in [-0.3, -0.25) is 0 Å². The first-order valence-corrected chi connectivity index (χ1v) is 7.86. The van der Waals surface area contributed by atoms with E-state index in [1.807, 2.05) is 0 Å². The van der Waals surface area contributed by atoms with Crippen LogP contribution in [0.5, 0.6) is 0 Å². The predicted octanol–water partition coefficient (Wildman–Crippen LogP) is 5.29. The summed E-state index contributed by atoms with van der Waals surface area (Å²) in [7, 11) is 0. The van der Waals surface area contributed by atoms with Crippen LogP contribution in [-0.4, -0.2) is 12.7 Å². The molecule has 0 saturated heterocycles. The molecule has 0 aliphatic heterocycles. The highest BCUT2D eigenvalue weighted by Crippen LogP contribution is 2.19. The van der Waals surface area contributed by atoms with Crippen LogP contribution in [0.3, 0.4) is 0 Å². The molecule has 1 saturated carbocycles. The number of hydrogen-bond donors (Lipinski definition) is 0. The fourth-order valence-electron chi connectivity index (χ4n) is 2.55. The van der Waals surface area contributed by atoms with Crippen molar-refractivity contribution in [2.24, 2.45) is 0 Å². The molecule has 1 radical (unpaired) electrons. The van der Waals surface area contributed by atoms with Crippen molar-refractivity contribution in [1.82, 2.24) is 0 Å². The van der Waals surface area contributed by atoms with Gasteiger partial charge in [0.15, 0.2) is 0 Å². The summed E-state index contributed by atoms with van der Waals surface area (Å²) < 4.78 is 5.91. The zero-order valence-electron chi connectivity index (χ0n) is 11.8. The van der Waals surface area contributed by atoms with Crippen molar-refractivity contribution in [2.75, 3.05) is 6.61 Å². The summed E-state index contributed by atoms with van der Waals surface area (Å²) in [4.78, 5) is 0. The molecule has 0 N–H and O–H groups in total. The monoisotopic (exact) mass is 239 g/mol. The molecule has 0 unspecified atom stereocenters. The molecular weight excluding hydrogens is 208 g/mol. The van der Waals surface area contributed by atoms with Crippen LogP contribution in [-0.2, 0) is 4.74 Å². The van der Waals surface area contributed by atoms with E-state index >= 15 is 0 Å². The zero-order valence-corrected chi connectivity index (χ0v) is 11.8. The topological polar surface area (TPSA) is 9.23 Å². The van der Waals surface area contributed by atoms with Gasteiger partial charge in [0.25, 0.3) is 0 Å². The van der Waals surface area contributed by atoms with Crippen molar-refractivity contribution in [3.05, 3.63) is 6.42 Å². The van der Waals surface area contributed by atoms with Crippen LogP contribution >= 0.6 is 0 Å². The van der Waals surface area contributed by atoms with Crippen molar-refractivity contribution in [3.63, 3.8) is 0 Å². The van der Waals surface area contributed by atoms with E-state index in [0.717, 1.165) is 6.61 Å². The highest BCUT2D eigenvalue weighted by Gasteiger charge is 2.12. The molecule has 0 amide bonds. The first kappa shape index (κ1) is 15.0. The Balaban J connectivity index is 1.75. The minimum Gasteiger partial charge on any atom is -0.378 e. The first-order chi connectivity index (χ1) is 8.43. The van der Waals surface area contributed by atoms with E-state index in [0.29, 0.717) is 6.10 Å². The van der Waals surface area contributed by atoms with Crippen LogP contribution < -0.4 is 0 Å². The van der Waals surface area contributed by atoms with Crippen LogP contribution in [0.15, 0.2) is 0 Å². The lowest BCUT2D eigenvalue weighted by atomic mass is 9.98. The first-order valence-electron chi connectivity index (χ1n) is 7.86. The minimum atomic E-state index is 0.574. The van der Waals surface area contributed by atoms with E-state index in [4.69, 9.17) is 4.74 Å². The SMILES string of the molecule is CCCCCCCCCCOC1CC[CH]CC1. The number of unbranched alkanes of at least 4 members (excludes halogenated alkanes) is 7. The van der Waals surface area contributed by atoms with Gasteiger partial charge in [-0.15, -0.1) is 0 Å². The van der Waals surface area contributed by atoms with Crippen LogP contribution in [0.4, 0.5) is 0 Å². The van der Waals surface area contributed by atoms with Crippen LogP contribution in [0.1, 0.15) is 84.0 Å². The van der Waals surface area contributed by atoms with Gasteiger partial charge in [-0.25, -0.2) is 0 Å². The summed E-state index contributed by atoms with van der Waals surface area (Å²) in [5, 5.41) is 0. The molecule has 101 valence electrons. The third-order valence-electron chi connectivity index (χ3n) is 3.74. The Hall–Kier alpha value is -0.0400. The molecule has 0 aromatic carbocycles. The molecule has 0 bridgehead atoms. The fraction of sp³-hybridized carbons (Fsp3) is 0.938. The van der Waals surface area contributed by atoms with Gasteiger partial charge < -0.3 is 4.74 Å². The van der Waals surface area contributed by atoms with Gasteiger partial charge in [0.1, 0.15) is 0 Å². The van der Waals surface area contributed by atoms with Gasteiger partial charge in [0.05, 0.1) is 6.10 Å². The Labute approximate surface area is 108 Å². The molecule has 1 aliphatic rings. The summed E-state index contributed by atoms with van der Waals surface area (Å²) >= 11 is 0. The van der Waals surface area contributed by atoms with Crippen LogP contribution in [0.2, 0.25) is 0 Å². The Morgan fingerprint density at radius 3 is 2.12 bits per heavy atom. The molecule has 0 aromatic heterocycles. The molecule has 0 heterocycles. The summed E-state index contributed by atoms with van der Waals surface area (Å²) in [6.45, 7) is 3.28. The second kappa shape index (κ2) is 11.1. The molecule has 17 heavy (non-hydrogen) atoms. The van der Waals surface area contributed by atoms with Crippen molar-refractivity contribution in [3.8, 4) is 0 Å². The summed E-state index contributed by atoms with van der Waals surface area (Å²) in [5.74, 6) is 0. The standard InChI is InChI=1S/C16H31O/c1-2-3-4-5-6-7-8-12-15-17-16-13-10-9-11-14-16/h9,16H,2-8,10-15H2,1H3. The highest BCUT2D eigenvalue weighted by molar-refractivity contribution is 4.76. The lowest BCUT2D eigenvalue weighted by Gasteiger charge is -2.21. The molecule has 1 heteroatoms. The van der Waals surface area contributed by atoms with Gasteiger partial charge in [0.2, 0.25) is 0 Å². The molecule has 0 atom stereocenters. The van der Waals surface area contributed by atoms with E-state index < -0.39 is 0 Å². The maximum atomic E-state index is 5.91. The second-order valence-corrected chi connectivity index (χ2v) is 5.41. The lowest BCUT2D eigenvalue weighted by molar-refractivity contribution is 0.0326.